The Hall–Kier alpha value is -6.40. The smallest absolute Gasteiger partial charge is 0.141 e. The third-order valence-corrected chi connectivity index (χ3v) is 11.3. The molecule has 1 aliphatic carbocycles. The van der Waals surface area contributed by atoms with Crippen LogP contribution in [0, 0.1) is 6.92 Å². The lowest BCUT2D eigenvalue weighted by atomic mass is 9.69. The molecule has 56 heavy (non-hydrogen) atoms. The molecule has 0 aliphatic heterocycles. The summed E-state index contributed by atoms with van der Waals surface area (Å²) in [5.41, 5.74) is 12.1. The van der Waals surface area contributed by atoms with E-state index in [0.717, 1.165) is 87.5 Å². The van der Waals surface area contributed by atoms with Crippen LogP contribution in [0.5, 0.6) is 17.2 Å². The quantitative estimate of drug-likeness (QED) is 0.140. The molecule has 0 bridgehead atoms. The number of hydrogen-bond acceptors (Lipinski definition) is 4. The van der Waals surface area contributed by atoms with Crippen molar-refractivity contribution in [2.45, 2.75) is 58.3 Å². The van der Waals surface area contributed by atoms with Gasteiger partial charge in [-0.05, 0) is 97.2 Å². The predicted octanol–water partition coefficient (Wildman–Crippen LogP) is 12.3. The number of methoxy groups -OCH3 is 1. The van der Waals surface area contributed by atoms with E-state index in [2.05, 4.69) is 157 Å². The minimum Gasteiger partial charge on any atom is -0.497 e. The molecule has 1 unspecified atom stereocenters. The first-order chi connectivity index (χ1) is 27.5. The second kappa shape index (κ2) is 15.0. The third-order valence-electron chi connectivity index (χ3n) is 11.3. The number of para-hydroxylation sites is 1. The van der Waals surface area contributed by atoms with Crippen molar-refractivity contribution in [3.05, 3.63) is 179 Å². The Kier molecular flexibility index (Phi) is 9.48. The van der Waals surface area contributed by atoms with Crippen LogP contribution < -0.4 is 9.47 Å². The van der Waals surface area contributed by atoms with E-state index in [9.17, 15) is 0 Å². The largest absolute Gasteiger partial charge is 0.497 e. The van der Waals surface area contributed by atoms with E-state index in [1.165, 1.54) is 28.0 Å². The molecule has 0 N–H and O–H groups in total. The van der Waals surface area contributed by atoms with E-state index in [4.69, 9.17) is 19.6 Å². The van der Waals surface area contributed by atoms with E-state index >= 15 is 0 Å². The topological polar surface area (TPSA) is 54.1 Å². The van der Waals surface area contributed by atoms with Gasteiger partial charge in [-0.25, -0.2) is 9.67 Å². The highest BCUT2D eigenvalue weighted by atomic mass is 16.5. The average Bonchev–Trinajstić information content (AvgIpc) is 3.79. The molecule has 0 amide bonds. The number of pyridine rings is 1. The normalized spacial score (nSPS) is 15.6. The Morgan fingerprint density at radius 3 is 2.27 bits per heavy atom. The van der Waals surface area contributed by atoms with Crippen molar-refractivity contribution in [1.82, 2.24) is 19.3 Å². The number of rotatable bonds is 10. The van der Waals surface area contributed by atoms with E-state index in [-0.39, 0.29) is 5.92 Å². The Balaban J connectivity index is 1.14. The molecular formula is C50H46N4O2. The van der Waals surface area contributed by atoms with Gasteiger partial charge in [-0.2, -0.15) is 5.10 Å². The minimum atomic E-state index is 0.185. The summed E-state index contributed by atoms with van der Waals surface area (Å²) in [6.07, 6.45) is 8.12. The summed E-state index contributed by atoms with van der Waals surface area (Å²) in [5.74, 6) is 3.59. The van der Waals surface area contributed by atoms with Crippen molar-refractivity contribution in [3.63, 3.8) is 0 Å². The number of allylic oxidation sites excluding steroid dienone is 2. The third kappa shape index (κ3) is 6.35. The van der Waals surface area contributed by atoms with Crippen molar-refractivity contribution < 1.29 is 9.47 Å². The maximum absolute atomic E-state index is 6.76. The van der Waals surface area contributed by atoms with Gasteiger partial charge in [0.15, 0.2) is 0 Å². The molecule has 0 fully saturated rings. The van der Waals surface area contributed by atoms with Crippen LogP contribution >= 0.6 is 0 Å². The zero-order valence-electron chi connectivity index (χ0n) is 32.4. The molecule has 278 valence electrons. The Morgan fingerprint density at radius 1 is 0.714 bits per heavy atom. The van der Waals surface area contributed by atoms with Crippen LogP contribution in [-0.2, 0) is 12.8 Å². The molecule has 8 aromatic rings. The maximum Gasteiger partial charge on any atom is 0.141 e. The second-order valence-electron chi connectivity index (χ2n) is 14.7. The lowest BCUT2D eigenvalue weighted by molar-refractivity contribution is 0.414. The molecule has 6 heteroatoms. The summed E-state index contributed by atoms with van der Waals surface area (Å²) in [5, 5.41) is 7.71. The number of nitrogens with zero attached hydrogens (tertiary/aromatic N) is 4. The van der Waals surface area contributed by atoms with Crippen LogP contribution in [-0.4, -0.2) is 26.4 Å². The highest BCUT2D eigenvalue weighted by molar-refractivity contribution is 6.09. The number of fused-ring (bicyclic) bond motifs is 3. The number of aromatic nitrogens is 4. The first-order valence-corrected chi connectivity index (χ1v) is 19.8. The van der Waals surface area contributed by atoms with Crippen LogP contribution in [0.15, 0.2) is 146 Å². The van der Waals surface area contributed by atoms with Crippen LogP contribution in [0.1, 0.15) is 72.2 Å². The Morgan fingerprint density at radius 2 is 1.48 bits per heavy atom. The van der Waals surface area contributed by atoms with Gasteiger partial charge in [0.05, 0.1) is 29.5 Å². The van der Waals surface area contributed by atoms with E-state index in [0.29, 0.717) is 5.92 Å². The van der Waals surface area contributed by atoms with E-state index in [1.807, 2.05) is 12.1 Å². The first-order valence-electron chi connectivity index (χ1n) is 19.8. The number of ether oxygens (including phenoxy) is 2. The molecule has 0 radical (unpaired) electrons. The van der Waals surface area contributed by atoms with Crippen LogP contribution in [0.2, 0.25) is 0 Å². The fourth-order valence-electron chi connectivity index (χ4n) is 8.92. The van der Waals surface area contributed by atoms with Gasteiger partial charge in [0.25, 0.3) is 0 Å². The summed E-state index contributed by atoms with van der Waals surface area (Å²) < 4.78 is 16.7. The van der Waals surface area contributed by atoms with Gasteiger partial charge in [0.2, 0.25) is 0 Å². The lowest BCUT2D eigenvalue weighted by Gasteiger charge is -2.34. The number of hydrogen-bond donors (Lipinski definition) is 0. The van der Waals surface area contributed by atoms with Crippen molar-refractivity contribution in [1.29, 1.82) is 0 Å². The zero-order valence-corrected chi connectivity index (χ0v) is 32.4. The highest BCUT2D eigenvalue weighted by Gasteiger charge is 2.36. The van der Waals surface area contributed by atoms with Crippen molar-refractivity contribution in [2.24, 2.45) is 0 Å². The summed E-state index contributed by atoms with van der Waals surface area (Å²) in [6, 6.07) is 47.1. The lowest BCUT2D eigenvalue weighted by Crippen LogP contribution is -2.19. The Bertz CT molecular complexity index is 2710. The maximum atomic E-state index is 6.76. The fraction of sp³-hybridized carbons (Fsp3) is 0.200. The molecule has 6 nitrogen and oxygen atoms in total. The standard InChI is InChI=1S/C50H46N4O2/c1-5-44-50(49-40(34-16-9-7-10-17-34)21-15-22-41(49)35-18-11-8-12-19-35)45(6-2)54(52-44)36-28-33(3)29-39(30-36)56-38-24-25-43-42-20-13-14-23-46(42)53(47(43)31-38)48-32-37(55-4)26-27-51-48/h7-14,16-21,23-32,41,49H,5-6,15,22H2,1-4H3/t41-,49?/m1/s1. The molecule has 9 rings (SSSR count). The van der Waals surface area contributed by atoms with Gasteiger partial charge in [-0.1, -0.05) is 98.8 Å². The minimum absolute atomic E-state index is 0.185. The predicted molar refractivity (Wildman–Crippen MR) is 228 cm³/mol. The molecular weight excluding hydrogens is 689 g/mol. The monoisotopic (exact) mass is 734 g/mol. The molecule has 0 spiro atoms. The summed E-state index contributed by atoms with van der Waals surface area (Å²) in [4.78, 5) is 4.74. The van der Waals surface area contributed by atoms with Gasteiger partial charge in [-0.15, -0.1) is 0 Å². The van der Waals surface area contributed by atoms with Crippen molar-refractivity contribution >= 4 is 27.4 Å². The second-order valence-corrected chi connectivity index (χ2v) is 14.7. The van der Waals surface area contributed by atoms with Gasteiger partial charge < -0.3 is 9.47 Å². The average molecular weight is 735 g/mol. The van der Waals surface area contributed by atoms with Gasteiger partial charge in [0.1, 0.15) is 23.1 Å². The van der Waals surface area contributed by atoms with Gasteiger partial charge in [0, 0.05) is 52.3 Å². The molecule has 3 heterocycles. The molecule has 1 aliphatic rings. The van der Waals surface area contributed by atoms with E-state index < -0.39 is 0 Å². The van der Waals surface area contributed by atoms with Crippen LogP contribution in [0.4, 0.5) is 0 Å². The molecule has 2 atom stereocenters. The van der Waals surface area contributed by atoms with E-state index in [1.54, 1.807) is 13.3 Å². The van der Waals surface area contributed by atoms with Crippen LogP contribution in [0.3, 0.4) is 0 Å². The number of benzene rings is 5. The van der Waals surface area contributed by atoms with Gasteiger partial charge in [-0.3, -0.25) is 4.57 Å². The summed E-state index contributed by atoms with van der Waals surface area (Å²) >= 11 is 0. The molecule has 5 aromatic carbocycles. The molecule has 0 saturated carbocycles. The molecule has 0 saturated heterocycles. The SMILES string of the molecule is CCc1nn(-c2cc(C)cc(Oc3ccc4c5ccccc5n(-c5cc(OC)ccn5)c4c3)c2)c(CC)c1C1C(c2ccccc2)=CCC[C@@H]1c1ccccc1. The number of aryl methyl sites for hydroxylation is 2. The van der Waals surface area contributed by atoms with Crippen molar-refractivity contribution in [3.8, 4) is 28.8 Å². The van der Waals surface area contributed by atoms with Crippen molar-refractivity contribution in [2.75, 3.05) is 7.11 Å². The van der Waals surface area contributed by atoms with Gasteiger partial charge >= 0.3 is 0 Å². The summed E-state index contributed by atoms with van der Waals surface area (Å²) in [7, 11) is 1.68. The highest BCUT2D eigenvalue weighted by Crippen LogP contribution is 2.51. The zero-order chi connectivity index (χ0) is 38.2. The summed E-state index contributed by atoms with van der Waals surface area (Å²) in [6.45, 7) is 6.63. The fourth-order valence-corrected chi connectivity index (χ4v) is 8.92. The van der Waals surface area contributed by atoms with Crippen LogP contribution in [0.25, 0.3) is 38.9 Å². The first kappa shape index (κ1) is 35.3. The Labute approximate surface area is 328 Å². The molecule has 3 aromatic heterocycles.